The van der Waals surface area contributed by atoms with Gasteiger partial charge in [-0.05, 0) is 74.8 Å². The van der Waals surface area contributed by atoms with Gasteiger partial charge in [0.25, 0.3) is 0 Å². The van der Waals surface area contributed by atoms with Crippen molar-refractivity contribution in [3.05, 3.63) is 0 Å². The van der Waals surface area contributed by atoms with Crippen molar-refractivity contribution >= 4 is 11.8 Å². The van der Waals surface area contributed by atoms with Crippen molar-refractivity contribution < 1.29 is 4.74 Å². The van der Waals surface area contributed by atoms with Crippen LogP contribution in [0.25, 0.3) is 0 Å². The molecular weight excluding hydrogens is 254 g/mol. The van der Waals surface area contributed by atoms with Gasteiger partial charge in [-0.25, -0.2) is 0 Å². The molecule has 3 fully saturated rings. The number of nitrogens with one attached hydrogen (secondary N) is 1. The highest BCUT2D eigenvalue weighted by Gasteiger charge is 2.45. The van der Waals surface area contributed by atoms with Gasteiger partial charge >= 0.3 is 0 Å². The molecule has 19 heavy (non-hydrogen) atoms. The summed E-state index contributed by atoms with van der Waals surface area (Å²) < 4.78 is 6.12. The lowest BCUT2D eigenvalue weighted by atomic mass is 9.69. The van der Waals surface area contributed by atoms with Crippen molar-refractivity contribution in [2.45, 2.75) is 63.5 Å². The first-order valence-electron chi connectivity index (χ1n) is 8.28. The summed E-state index contributed by atoms with van der Waals surface area (Å²) in [5, 5.41) is 3.90. The second-order valence-electron chi connectivity index (χ2n) is 6.74. The zero-order chi connectivity index (χ0) is 13.1. The lowest BCUT2D eigenvalue weighted by molar-refractivity contribution is -0.148. The standard InChI is InChI=1S/C16H29NOS/c1-2-8-17-15(14-5-10-19-12-14)13-4-9-18-16(11-13)6-3-7-16/h13-15,17H,2-12H2,1H3. The van der Waals surface area contributed by atoms with E-state index in [1.54, 1.807) is 0 Å². The fraction of sp³-hybridized carbons (Fsp3) is 1.00. The van der Waals surface area contributed by atoms with E-state index in [2.05, 4.69) is 24.0 Å². The van der Waals surface area contributed by atoms with Gasteiger partial charge in [0.15, 0.2) is 0 Å². The normalized spacial score (nSPS) is 35.2. The predicted molar refractivity (Wildman–Crippen MR) is 82.8 cm³/mol. The van der Waals surface area contributed by atoms with Gasteiger partial charge in [-0.1, -0.05) is 6.92 Å². The molecular formula is C16H29NOS. The first kappa shape index (κ1) is 14.2. The molecule has 3 heteroatoms. The minimum atomic E-state index is 0.306. The van der Waals surface area contributed by atoms with E-state index in [9.17, 15) is 0 Å². The van der Waals surface area contributed by atoms with Crippen molar-refractivity contribution in [2.24, 2.45) is 11.8 Å². The molecule has 2 heterocycles. The molecule has 2 nitrogen and oxygen atoms in total. The maximum Gasteiger partial charge on any atom is 0.0685 e. The third kappa shape index (κ3) is 3.14. The Balaban J connectivity index is 1.63. The summed E-state index contributed by atoms with van der Waals surface area (Å²) in [6.45, 7) is 4.48. The number of ether oxygens (including phenoxy) is 1. The van der Waals surface area contributed by atoms with Crippen LogP contribution in [-0.4, -0.2) is 36.3 Å². The molecule has 3 aliphatic rings. The van der Waals surface area contributed by atoms with Gasteiger partial charge in [-0.3, -0.25) is 0 Å². The fourth-order valence-electron chi connectivity index (χ4n) is 4.16. The van der Waals surface area contributed by atoms with E-state index in [0.29, 0.717) is 5.60 Å². The third-order valence-corrected chi connectivity index (χ3v) is 6.59. The predicted octanol–water partition coefficient (Wildman–Crippen LogP) is 3.46. The minimum absolute atomic E-state index is 0.306. The lowest BCUT2D eigenvalue weighted by Crippen LogP contribution is -2.52. The second-order valence-corrected chi connectivity index (χ2v) is 7.89. The Hall–Kier alpha value is 0.270. The van der Waals surface area contributed by atoms with E-state index < -0.39 is 0 Å². The molecule has 0 aromatic heterocycles. The Bertz CT molecular complexity index is 286. The number of hydrogen-bond donors (Lipinski definition) is 1. The van der Waals surface area contributed by atoms with Crippen LogP contribution in [0.2, 0.25) is 0 Å². The molecule has 0 radical (unpaired) electrons. The lowest BCUT2D eigenvalue weighted by Gasteiger charge is -2.49. The topological polar surface area (TPSA) is 21.3 Å². The Kier molecular flexibility index (Phi) is 4.76. The fourth-order valence-corrected chi connectivity index (χ4v) is 5.47. The molecule has 1 aliphatic carbocycles. The number of thioether (sulfide) groups is 1. The number of rotatable bonds is 5. The van der Waals surface area contributed by atoms with Crippen LogP contribution in [0.1, 0.15) is 51.9 Å². The van der Waals surface area contributed by atoms with E-state index in [1.807, 2.05) is 0 Å². The molecule has 0 aromatic rings. The van der Waals surface area contributed by atoms with Gasteiger partial charge in [0.05, 0.1) is 5.60 Å². The van der Waals surface area contributed by atoms with E-state index in [-0.39, 0.29) is 0 Å². The maximum atomic E-state index is 6.12. The smallest absolute Gasteiger partial charge is 0.0685 e. The quantitative estimate of drug-likeness (QED) is 0.835. The van der Waals surface area contributed by atoms with Gasteiger partial charge in [0.2, 0.25) is 0 Å². The molecule has 0 aromatic carbocycles. The number of hydrogen-bond acceptors (Lipinski definition) is 3. The van der Waals surface area contributed by atoms with Crippen LogP contribution < -0.4 is 5.32 Å². The summed E-state index contributed by atoms with van der Waals surface area (Å²) in [6.07, 6.45) is 9.33. The summed E-state index contributed by atoms with van der Waals surface area (Å²) in [5.74, 6) is 4.54. The van der Waals surface area contributed by atoms with Crippen LogP contribution in [-0.2, 0) is 4.74 Å². The van der Waals surface area contributed by atoms with E-state index >= 15 is 0 Å². The van der Waals surface area contributed by atoms with Crippen molar-refractivity contribution in [1.82, 2.24) is 5.32 Å². The van der Waals surface area contributed by atoms with Crippen LogP contribution in [0, 0.1) is 11.8 Å². The Morgan fingerprint density at radius 1 is 1.32 bits per heavy atom. The van der Waals surface area contributed by atoms with Crippen molar-refractivity contribution in [1.29, 1.82) is 0 Å². The molecule has 3 unspecified atom stereocenters. The van der Waals surface area contributed by atoms with Gasteiger partial charge in [0.1, 0.15) is 0 Å². The van der Waals surface area contributed by atoms with E-state index in [1.165, 1.54) is 63.0 Å². The zero-order valence-electron chi connectivity index (χ0n) is 12.3. The zero-order valence-corrected chi connectivity index (χ0v) is 13.1. The molecule has 1 spiro atoms. The van der Waals surface area contributed by atoms with Crippen LogP contribution in [0.5, 0.6) is 0 Å². The molecule has 2 saturated heterocycles. The Labute approximate surface area is 122 Å². The molecule has 1 N–H and O–H groups in total. The summed E-state index contributed by atoms with van der Waals surface area (Å²) in [7, 11) is 0. The largest absolute Gasteiger partial charge is 0.375 e. The molecule has 110 valence electrons. The average molecular weight is 283 g/mol. The summed E-state index contributed by atoms with van der Waals surface area (Å²) in [5.41, 5.74) is 0.306. The summed E-state index contributed by atoms with van der Waals surface area (Å²) in [4.78, 5) is 0. The average Bonchev–Trinajstić information content (AvgIpc) is 2.92. The highest BCUT2D eigenvalue weighted by atomic mass is 32.2. The van der Waals surface area contributed by atoms with Crippen LogP contribution in [0.15, 0.2) is 0 Å². The SMILES string of the molecule is CCCNC(C1CCSC1)C1CCOC2(CCC2)C1. The Morgan fingerprint density at radius 3 is 2.84 bits per heavy atom. The van der Waals surface area contributed by atoms with Crippen LogP contribution >= 0.6 is 11.8 Å². The maximum absolute atomic E-state index is 6.12. The summed E-state index contributed by atoms with van der Waals surface area (Å²) in [6, 6.07) is 0.760. The first-order chi connectivity index (χ1) is 9.33. The van der Waals surface area contributed by atoms with Gasteiger partial charge in [0, 0.05) is 12.6 Å². The van der Waals surface area contributed by atoms with Crippen molar-refractivity contribution in [3.8, 4) is 0 Å². The second kappa shape index (κ2) is 6.36. The molecule has 0 amide bonds. The van der Waals surface area contributed by atoms with E-state index in [4.69, 9.17) is 4.74 Å². The monoisotopic (exact) mass is 283 g/mol. The van der Waals surface area contributed by atoms with Gasteiger partial charge < -0.3 is 10.1 Å². The van der Waals surface area contributed by atoms with Crippen LogP contribution in [0.3, 0.4) is 0 Å². The minimum Gasteiger partial charge on any atom is -0.375 e. The highest BCUT2D eigenvalue weighted by Crippen LogP contribution is 2.46. The molecule has 2 aliphatic heterocycles. The van der Waals surface area contributed by atoms with Gasteiger partial charge in [-0.15, -0.1) is 0 Å². The van der Waals surface area contributed by atoms with Gasteiger partial charge in [-0.2, -0.15) is 11.8 Å². The molecule has 1 saturated carbocycles. The summed E-state index contributed by atoms with van der Waals surface area (Å²) >= 11 is 2.16. The molecule has 3 rings (SSSR count). The Morgan fingerprint density at radius 2 is 2.21 bits per heavy atom. The third-order valence-electron chi connectivity index (χ3n) is 5.41. The molecule has 0 bridgehead atoms. The van der Waals surface area contributed by atoms with E-state index in [0.717, 1.165) is 24.5 Å². The van der Waals surface area contributed by atoms with Crippen LogP contribution in [0.4, 0.5) is 0 Å². The first-order valence-corrected chi connectivity index (χ1v) is 9.43. The molecule has 3 atom stereocenters. The highest BCUT2D eigenvalue weighted by molar-refractivity contribution is 7.99. The van der Waals surface area contributed by atoms with Crippen molar-refractivity contribution in [2.75, 3.05) is 24.7 Å². The van der Waals surface area contributed by atoms with Crippen molar-refractivity contribution in [3.63, 3.8) is 0 Å².